The van der Waals surface area contributed by atoms with Crippen molar-refractivity contribution in [2.45, 2.75) is 18.4 Å². The maximum Gasteiger partial charge on any atom is 0.276 e. The van der Waals surface area contributed by atoms with Crippen LogP contribution in [0.3, 0.4) is 0 Å². The molecular formula is C25H22F2N4O4S. The molecule has 2 N–H and O–H groups in total. The molecule has 186 valence electrons. The molecule has 0 unspecified atom stereocenters. The first-order chi connectivity index (χ1) is 17.2. The first kappa shape index (κ1) is 24.9. The van der Waals surface area contributed by atoms with Gasteiger partial charge in [0.1, 0.15) is 23.9 Å². The second-order valence-electron chi connectivity index (χ2n) is 7.93. The maximum atomic E-state index is 13.9. The number of aromatic nitrogens is 1. The summed E-state index contributed by atoms with van der Waals surface area (Å²) in [7, 11) is -2.37. The molecule has 0 bridgehead atoms. The van der Waals surface area contributed by atoms with Gasteiger partial charge in [-0.25, -0.2) is 13.6 Å². The SMILES string of the molecule is COc1ccc2c(c1)c(/C=N\NS(=O)(=O)c1ccc(C)cc1)cn2CC(=O)Nc1ccc(F)cc1F. The normalized spacial score (nSPS) is 11.7. The van der Waals surface area contributed by atoms with Crippen molar-refractivity contribution in [1.82, 2.24) is 9.40 Å². The van der Waals surface area contributed by atoms with Crippen molar-refractivity contribution < 1.29 is 26.7 Å². The molecule has 0 saturated heterocycles. The Hall–Kier alpha value is -4.25. The Morgan fingerprint density at radius 3 is 2.53 bits per heavy atom. The van der Waals surface area contributed by atoms with Gasteiger partial charge in [0.2, 0.25) is 5.91 Å². The van der Waals surface area contributed by atoms with Crippen LogP contribution in [0.1, 0.15) is 11.1 Å². The van der Waals surface area contributed by atoms with E-state index in [-0.39, 0.29) is 17.1 Å². The Bertz CT molecular complexity index is 1570. The highest BCUT2D eigenvalue weighted by molar-refractivity contribution is 7.89. The summed E-state index contributed by atoms with van der Waals surface area (Å²) in [5.74, 6) is -1.64. The molecule has 0 atom stereocenters. The van der Waals surface area contributed by atoms with Gasteiger partial charge in [0.05, 0.1) is 23.9 Å². The third-order valence-electron chi connectivity index (χ3n) is 5.35. The lowest BCUT2D eigenvalue weighted by Crippen LogP contribution is -2.19. The van der Waals surface area contributed by atoms with E-state index in [1.165, 1.54) is 25.5 Å². The third kappa shape index (κ3) is 5.52. The summed E-state index contributed by atoms with van der Waals surface area (Å²) in [5, 5.41) is 6.96. The molecule has 0 aliphatic rings. The summed E-state index contributed by atoms with van der Waals surface area (Å²) in [5.41, 5.74) is 1.92. The zero-order valence-corrected chi connectivity index (χ0v) is 20.1. The number of rotatable bonds is 8. The van der Waals surface area contributed by atoms with Crippen LogP contribution in [0.5, 0.6) is 5.75 Å². The number of fused-ring (bicyclic) bond motifs is 1. The Labute approximate surface area is 206 Å². The van der Waals surface area contributed by atoms with Crippen LogP contribution in [0.2, 0.25) is 0 Å². The lowest BCUT2D eigenvalue weighted by molar-refractivity contribution is -0.116. The van der Waals surface area contributed by atoms with Gasteiger partial charge in [0.25, 0.3) is 10.0 Å². The number of sulfonamides is 1. The van der Waals surface area contributed by atoms with Gasteiger partial charge in [0.15, 0.2) is 0 Å². The van der Waals surface area contributed by atoms with Crippen molar-refractivity contribution in [1.29, 1.82) is 0 Å². The van der Waals surface area contributed by atoms with Gasteiger partial charge < -0.3 is 14.6 Å². The van der Waals surface area contributed by atoms with Crippen LogP contribution in [-0.4, -0.2) is 32.2 Å². The van der Waals surface area contributed by atoms with Crippen molar-refractivity contribution in [2.24, 2.45) is 5.10 Å². The number of halogens is 2. The van der Waals surface area contributed by atoms with Crippen LogP contribution in [0, 0.1) is 18.6 Å². The van der Waals surface area contributed by atoms with Crippen LogP contribution >= 0.6 is 0 Å². The van der Waals surface area contributed by atoms with E-state index in [0.717, 1.165) is 17.7 Å². The Morgan fingerprint density at radius 1 is 1.08 bits per heavy atom. The van der Waals surface area contributed by atoms with E-state index in [1.54, 1.807) is 41.1 Å². The van der Waals surface area contributed by atoms with Gasteiger partial charge in [-0.2, -0.15) is 13.5 Å². The van der Waals surface area contributed by atoms with E-state index in [0.29, 0.717) is 28.3 Å². The Balaban J connectivity index is 1.59. The highest BCUT2D eigenvalue weighted by Crippen LogP contribution is 2.26. The average Bonchev–Trinajstić information content (AvgIpc) is 3.17. The number of hydrogen-bond acceptors (Lipinski definition) is 5. The number of nitrogens with zero attached hydrogens (tertiary/aromatic N) is 2. The second-order valence-corrected chi connectivity index (χ2v) is 9.59. The molecule has 11 heteroatoms. The smallest absolute Gasteiger partial charge is 0.276 e. The first-order valence-electron chi connectivity index (χ1n) is 10.7. The van der Waals surface area contributed by atoms with E-state index in [1.807, 2.05) is 6.92 Å². The highest BCUT2D eigenvalue weighted by Gasteiger charge is 2.15. The molecular weight excluding hydrogens is 490 g/mol. The molecule has 1 heterocycles. The fraction of sp³-hybridized carbons (Fsp3) is 0.120. The number of aryl methyl sites for hydroxylation is 1. The van der Waals surface area contributed by atoms with Gasteiger partial charge in [-0.1, -0.05) is 17.7 Å². The molecule has 8 nitrogen and oxygen atoms in total. The Kier molecular flexibility index (Phi) is 7.02. The van der Waals surface area contributed by atoms with Crippen LogP contribution < -0.4 is 14.9 Å². The number of ether oxygens (including phenoxy) is 1. The van der Waals surface area contributed by atoms with Gasteiger partial charge in [-0.05, 0) is 49.4 Å². The lowest BCUT2D eigenvalue weighted by Gasteiger charge is -2.08. The Morgan fingerprint density at radius 2 is 1.83 bits per heavy atom. The quantitative estimate of drug-likeness (QED) is 0.273. The molecule has 0 saturated carbocycles. The topological polar surface area (TPSA) is 102 Å². The van der Waals surface area contributed by atoms with Crippen LogP contribution in [-0.2, 0) is 21.4 Å². The number of hydrazone groups is 1. The minimum absolute atomic E-state index is 0.0686. The number of hydrogen-bond donors (Lipinski definition) is 2. The summed E-state index contributed by atoms with van der Waals surface area (Å²) < 4.78 is 59.0. The lowest BCUT2D eigenvalue weighted by atomic mass is 10.2. The fourth-order valence-electron chi connectivity index (χ4n) is 3.54. The minimum Gasteiger partial charge on any atom is -0.497 e. The van der Waals surface area contributed by atoms with E-state index < -0.39 is 27.6 Å². The van der Waals surface area contributed by atoms with Crippen molar-refractivity contribution in [3.05, 3.63) is 89.6 Å². The monoisotopic (exact) mass is 512 g/mol. The zero-order valence-electron chi connectivity index (χ0n) is 19.3. The fourth-order valence-corrected chi connectivity index (χ4v) is 4.33. The molecule has 36 heavy (non-hydrogen) atoms. The van der Waals surface area contributed by atoms with E-state index in [2.05, 4.69) is 15.2 Å². The van der Waals surface area contributed by atoms with Gasteiger partial charge >= 0.3 is 0 Å². The summed E-state index contributed by atoms with van der Waals surface area (Å²) in [6.45, 7) is 1.66. The number of benzene rings is 3. The molecule has 0 fully saturated rings. The molecule has 1 aromatic heterocycles. The average molecular weight is 513 g/mol. The third-order valence-corrected chi connectivity index (χ3v) is 6.58. The van der Waals surface area contributed by atoms with Gasteiger partial charge in [-0.3, -0.25) is 4.79 Å². The van der Waals surface area contributed by atoms with E-state index in [9.17, 15) is 22.0 Å². The van der Waals surface area contributed by atoms with Gasteiger partial charge in [0, 0.05) is 28.7 Å². The molecule has 0 aliphatic heterocycles. The first-order valence-corrected chi connectivity index (χ1v) is 12.2. The molecule has 1 amide bonds. The number of methoxy groups -OCH3 is 1. The van der Waals surface area contributed by atoms with E-state index >= 15 is 0 Å². The number of carbonyl (C=O) groups is 1. The van der Waals surface area contributed by atoms with Gasteiger partial charge in [-0.15, -0.1) is 0 Å². The number of amides is 1. The largest absolute Gasteiger partial charge is 0.497 e. The van der Waals surface area contributed by atoms with Crippen LogP contribution in [0.15, 0.2) is 76.9 Å². The standard InChI is InChI=1S/C25H22F2N4O4S/c1-16-3-7-20(8-4-16)36(33,34)30-28-13-17-14-31(24-10-6-19(35-2)12-21(17)24)15-25(32)29-23-9-5-18(26)11-22(23)27/h3-14,30H,15H2,1-2H3,(H,29,32)/b28-13-. The number of nitrogens with one attached hydrogen (secondary N) is 2. The highest BCUT2D eigenvalue weighted by atomic mass is 32.2. The molecule has 4 aromatic rings. The van der Waals surface area contributed by atoms with Crippen molar-refractivity contribution in [3.63, 3.8) is 0 Å². The molecule has 4 rings (SSSR count). The molecule has 0 spiro atoms. The zero-order chi connectivity index (χ0) is 25.9. The van der Waals surface area contributed by atoms with Crippen molar-refractivity contribution >= 4 is 38.7 Å². The number of carbonyl (C=O) groups excluding carboxylic acids is 1. The summed E-state index contributed by atoms with van der Waals surface area (Å²) >= 11 is 0. The van der Waals surface area contributed by atoms with Crippen molar-refractivity contribution in [3.8, 4) is 5.75 Å². The van der Waals surface area contributed by atoms with Crippen LogP contribution in [0.4, 0.5) is 14.5 Å². The molecule has 0 aliphatic carbocycles. The molecule has 0 radical (unpaired) electrons. The predicted octanol–water partition coefficient (Wildman–Crippen LogP) is 4.19. The van der Waals surface area contributed by atoms with Crippen LogP contribution in [0.25, 0.3) is 10.9 Å². The predicted molar refractivity (Wildman–Crippen MR) is 133 cm³/mol. The summed E-state index contributed by atoms with van der Waals surface area (Å²) in [6.07, 6.45) is 2.93. The van der Waals surface area contributed by atoms with E-state index in [4.69, 9.17) is 4.74 Å². The summed E-state index contributed by atoms with van der Waals surface area (Å²) in [4.78, 5) is 14.8. The van der Waals surface area contributed by atoms with Crippen molar-refractivity contribution in [2.75, 3.05) is 12.4 Å². The number of anilines is 1. The summed E-state index contributed by atoms with van der Waals surface area (Å²) in [6, 6.07) is 14.3. The maximum absolute atomic E-state index is 13.9. The minimum atomic E-state index is -3.87. The second kappa shape index (κ2) is 10.2. The molecule has 3 aromatic carbocycles.